The van der Waals surface area contributed by atoms with Crippen LogP contribution >= 0.6 is 15.9 Å². The molecule has 0 saturated heterocycles. The van der Waals surface area contributed by atoms with Crippen molar-refractivity contribution in [2.45, 2.75) is 0 Å². The fraction of sp³-hybridized carbons (Fsp3) is 0. The number of nitrogens with one attached hydrogen (secondary N) is 1. The van der Waals surface area contributed by atoms with E-state index in [9.17, 15) is 0 Å². The van der Waals surface area contributed by atoms with Crippen molar-refractivity contribution in [3.63, 3.8) is 0 Å². The lowest BCUT2D eigenvalue weighted by molar-refractivity contribution is 0.321. The van der Waals surface area contributed by atoms with E-state index >= 15 is 0 Å². The van der Waals surface area contributed by atoms with Crippen LogP contribution in [0, 0.1) is 0 Å². The molecule has 0 spiro atoms. The quantitative estimate of drug-likeness (QED) is 0.393. The van der Waals surface area contributed by atoms with Gasteiger partial charge in [0.2, 0.25) is 0 Å². The van der Waals surface area contributed by atoms with Crippen molar-refractivity contribution >= 4 is 20.6 Å². The zero-order chi connectivity index (χ0) is 6.69. The zero-order valence-electron chi connectivity index (χ0n) is 4.37. The standard InChI is InChI=1S/C4H4BrN3O/c5-4(8-9)3-1-6-2-7-3/h1-2,9H,(H,6,7)/b8-4-. The monoisotopic (exact) mass is 189 g/mol. The number of halogens is 1. The number of rotatable bonds is 1. The molecule has 9 heavy (non-hydrogen) atoms. The third-order valence-corrected chi connectivity index (χ3v) is 1.39. The SMILES string of the molecule is O/N=C(\Br)c1cnc[nH]1. The van der Waals surface area contributed by atoms with Crippen LogP contribution in [0.1, 0.15) is 5.69 Å². The van der Waals surface area contributed by atoms with E-state index in [0.717, 1.165) is 0 Å². The molecule has 0 aromatic carbocycles. The highest BCUT2D eigenvalue weighted by Gasteiger charge is 1.97. The maximum atomic E-state index is 8.20. The Labute approximate surface area is 59.7 Å². The highest BCUT2D eigenvalue weighted by atomic mass is 79.9. The second-order valence-electron chi connectivity index (χ2n) is 1.36. The average Bonchev–Trinajstić information content (AvgIpc) is 2.37. The highest BCUT2D eigenvalue weighted by molar-refractivity contribution is 9.18. The van der Waals surface area contributed by atoms with Crippen molar-refractivity contribution in [2.24, 2.45) is 5.16 Å². The molecule has 0 fully saturated rings. The van der Waals surface area contributed by atoms with Gasteiger partial charge in [-0.25, -0.2) is 4.98 Å². The maximum Gasteiger partial charge on any atom is 0.170 e. The number of aromatic nitrogens is 2. The normalized spacial score (nSPS) is 11.9. The van der Waals surface area contributed by atoms with Gasteiger partial charge in [0, 0.05) is 0 Å². The summed E-state index contributed by atoms with van der Waals surface area (Å²) in [6.07, 6.45) is 3.05. The van der Waals surface area contributed by atoms with Gasteiger partial charge in [-0.15, -0.1) is 0 Å². The fourth-order valence-electron chi connectivity index (χ4n) is 0.423. The van der Waals surface area contributed by atoms with Gasteiger partial charge in [0.1, 0.15) is 0 Å². The molecule has 0 bridgehead atoms. The van der Waals surface area contributed by atoms with Crippen LogP contribution in [0.4, 0.5) is 0 Å². The van der Waals surface area contributed by atoms with Crippen molar-refractivity contribution in [1.82, 2.24) is 9.97 Å². The van der Waals surface area contributed by atoms with Gasteiger partial charge in [-0.3, -0.25) is 0 Å². The maximum absolute atomic E-state index is 8.20. The number of oxime groups is 1. The molecule has 48 valence electrons. The van der Waals surface area contributed by atoms with E-state index in [-0.39, 0.29) is 0 Å². The van der Waals surface area contributed by atoms with Crippen LogP contribution in [0.3, 0.4) is 0 Å². The van der Waals surface area contributed by atoms with Gasteiger partial charge in [0.25, 0.3) is 0 Å². The van der Waals surface area contributed by atoms with E-state index in [1.165, 1.54) is 6.33 Å². The molecule has 1 rings (SSSR count). The molecular weight excluding hydrogens is 186 g/mol. The van der Waals surface area contributed by atoms with Crippen molar-refractivity contribution < 1.29 is 5.21 Å². The average molecular weight is 190 g/mol. The Morgan fingerprint density at radius 1 is 1.89 bits per heavy atom. The van der Waals surface area contributed by atoms with Gasteiger partial charge < -0.3 is 10.2 Å². The Bertz CT molecular complexity index is 206. The molecule has 0 unspecified atom stereocenters. The minimum atomic E-state index is 0.347. The third-order valence-electron chi connectivity index (χ3n) is 0.808. The lowest BCUT2D eigenvalue weighted by atomic mass is 10.5. The van der Waals surface area contributed by atoms with Crippen LogP contribution in [0.5, 0.6) is 0 Å². The van der Waals surface area contributed by atoms with Crippen LogP contribution in [0.2, 0.25) is 0 Å². The lowest BCUT2D eigenvalue weighted by Crippen LogP contribution is -1.88. The van der Waals surface area contributed by atoms with Gasteiger partial charge in [0.05, 0.1) is 18.2 Å². The van der Waals surface area contributed by atoms with Gasteiger partial charge in [-0.2, -0.15) is 0 Å². The molecule has 1 aromatic heterocycles. The Balaban J connectivity index is 2.90. The minimum absolute atomic E-state index is 0.347. The summed E-state index contributed by atoms with van der Waals surface area (Å²) in [7, 11) is 0. The largest absolute Gasteiger partial charge is 0.410 e. The molecular formula is C4H4BrN3O. The van der Waals surface area contributed by atoms with Crippen LogP contribution in [-0.4, -0.2) is 19.8 Å². The molecule has 0 aliphatic rings. The summed E-state index contributed by atoms with van der Waals surface area (Å²) in [5, 5.41) is 11.1. The van der Waals surface area contributed by atoms with E-state index in [1.807, 2.05) is 0 Å². The van der Waals surface area contributed by atoms with Crippen molar-refractivity contribution in [3.05, 3.63) is 18.2 Å². The first-order chi connectivity index (χ1) is 4.34. The fourth-order valence-corrected chi connectivity index (χ4v) is 0.639. The lowest BCUT2D eigenvalue weighted by Gasteiger charge is -1.84. The van der Waals surface area contributed by atoms with Crippen LogP contribution in [-0.2, 0) is 0 Å². The minimum Gasteiger partial charge on any atom is -0.410 e. The van der Waals surface area contributed by atoms with Crippen molar-refractivity contribution in [2.75, 3.05) is 0 Å². The molecule has 4 nitrogen and oxygen atoms in total. The molecule has 5 heteroatoms. The smallest absolute Gasteiger partial charge is 0.170 e. The second kappa shape index (κ2) is 2.63. The molecule has 0 amide bonds. The van der Waals surface area contributed by atoms with Crippen molar-refractivity contribution in [1.29, 1.82) is 0 Å². The molecule has 0 radical (unpaired) electrons. The Morgan fingerprint density at radius 2 is 2.67 bits per heavy atom. The Hall–Kier alpha value is -0.840. The molecule has 0 aliphatic heterocycles. The summed E-state index contributed by atoms with van der Waals surface area (Å²) in [5.74, 6) is 0. The van der Waals surface area contributed by atoms with Gasteiger partial charge >= 0.3 is 0 Å². The predicted molar refractivity (Wildman–Crippen MR) is 35.8 cm³/mol. The summed E-state index contributed by atoms with van der Waals surface area (Å²) in [4.78, 5) is 6.45. The summed E-state index contributed by atoms with van der Waals surface area (Å²) in [5.41, 5.74) is 0.650. The summed E-state index contributed by atoms with van der Waals surface area (Å²) in [6, 6.07) is 0. The molecule has 1 heterocycles. The van der Waals surface area contributed by atoms with E-state index in [0.29, 0.717) is 10.3 Å². The van der Waals surface area contributed by atoms with Gasteiger partial charge in [-0.1, -0.05) is 5.16 Å². The Kier molecular flexibility index (Phi) is 1.84. The molecule has 0 atom stereocenters. The number of hydrogen-bond acceptors (Lipinski definition) is 3. The second-order valence-corrected chi connectivity index (χ2v) is 2.11. The number of imidazole rings is 1. The molecule has 1 aromatic rings. The molecule has 2 N–H and O–H groups in total. The zero-order valence-corrected chi connectivity index (χ0v) is 5.96. The van der Waals surface area contributed by atoms with E-state index in [4.69, 9.17) is 5.21 Å². The van der Waals surface area contributed by atoms with Crippen LogP contribution in [0.15, 0.2) is 17.7 Å². The first-order valence-electron chi connectivity index (χ1n) is 2.21. The third kappa shape index (κ3) is 1.29. The number of H-pyrrole nitrogens is 1. The predicted octanol–water partition coefficient (Wildman–Crippen LogP) is 0.940. The first-order valence-corrected chi connectivity index (χ1v) is 3.00. The van der Waals surface area contributed by atoms with Crippen LogP contribution < -0.4 is 0 Å². The Morgan fingerprint density at radius 3 is 3.11 bits per heavy atom. The van der Waals surface area contributed by atoms with Crippen molar-refractivity contribution in [3.8, 4) is 0 Å². The summed E-state index contributed by atoms with van der Waals surface area (Å²) >= 11 is 2.99. The van der Waals surface area contributed by atoms with Gasteiger partial charge in [0.15, 0.2) is 4.62 Å². The van der Waals surface area contributed by atoms with E-state index < -0.39 is 0 Å². The summed E-state index contributed by atoms with van der Waals surface area (Å²) < 4.78 is 0.347. The summed E-state index contributed by atoms with van der Waals surface area (Å²) in [6.45, 7) is 0. The number of aromatic amines is 1. The van der Waals surface area contributed by atoms with E-state index in [1.54, 1.807) is 6.20 Å². The topological polar surface area (TPSA) is 61.3 Å². The van der Waals surface area contributed by atoms with Gasteiger partial charge in [-0.05, 0) is 15.9 Å². The first kappa shape index (κ1) is 6.28. The molecule has 0 saturated carbocycles. The highest BCUT2D eigenvalue weighted by Crippen LogP contribution is 1.99. The molecule has 0 aliphatic carbocycles. The number of nitrogens with zero attached hydrogens (tertiary/aromatic N) is 2. The number of hydrogen-bond donors (Lipinski definition) is 2. The van der Waals surface area contributed by atoms with Crippen LogP contribution in [0.25, 0.3) is 0 Å². The van der Waals surface area contributed by atoms with E-state index in [2.05, 4.69) is 31.1 Å².